The first kappa shape index (κ1) is 15.3. The van der Waals surface area contributed by atoms with E-state index in [1.165, 1.54) is 44.5 Å². The second-order valence-electron chi connectivity index (χ2n) is 5.80. The molecule has 1 N–H and O–H groups in total. The van der Waals surface area contributed by atoms with Gasteiger partial charge in [-0.2, -0.15) is 0 Å². The highest BCUT2D eigenvalue weighted by Gasteiger charge is 2.19. The van der Waals surface area contributed by atoms with E-state index in [9.17, 15) is 0 Å². The summed E-state index contributed by atoms with van der Waals surface area (Å²) in [4.78, 5) is 2.58. The first-order valence-corrected chi connectivity index (χ1v) is 7.87. The molecule has 0 saturated carbocycles. The van der Waals surface area contributed by atoms with E-state index in [4.69, 9.17) is 4.74 Å². The van der Waals surface area contributed by atoms with Gasteiger partial charge in [-0.3, -0.25) is 4.90 Å². The summed E-state index contributed by atoms with van der Waals surface area (Å²) in [5, 5.41) is 3.56. The minimum absolute atomic E-state index is 0.806. The van der Waals surface area contributed by atoms with Gasteiger partial charge in [-0.15, -0.1) is 0 Å². The third-order valence-corrected chi connectivity index (χ3v) is 4.00. The zero-order chi connectivity index (χ0) is 14.2. The zero-order valence-corrected chi connectivity index (χ0v) is 12.9. The van der Waals surface area contributed by atoms with Gasteiger partial charge >= 0.3 is 0 Å². The van der Waals surface area contributed by atoms with Crippen LogP contribution in [0.1, 0.15) is 31.7 Å². The molecule has 0 radical (unpaired) electrons. The summed E-state index contributed by atoms with van der Waals surface area (Å²) in [5.74, 6) is 1.77. The number of benzene rings is 1. The highest BCUT2D eigenvalue weighted by atomic mass is 16.5. The van der Waals surface area contributed by atoms with Crippen LogP contribution in [-0.2, 0) is 6.54 Å². The molecule has 0 amide bonds. The van der Waals surface area contributed by atoms with E-state index < -0.39 is 0 Å². The number of hydrogen-bond donors (Lipinski definition) is 1. The van der Waals surface area contributed by atoms with E-state index >= 15 is 0 Å². The number of likely N-dealkylation sites (tertiary alicyclic amines) is 1. The van der Waals surface area contributed by atoms with Gasteiger partial charge in [-0.05, 0) is 62.5 Å². The van der Waals surface area contributed by atoms with Crippen molar-refractivity contribution in [1.29, 1.82) is 0 Å². The van der Waals surface area contributed by atoms with Crippen molar-refractivity contribution in [3.63, 3.8) is 0 Å². The van der Waals surface area contributed by atoms with Crippen molar-refractivity contribution in [3.05, 3.63) is 29.8 Å². The van der Waals surface area contributed by atoms with Crippen LogP contribution in [0.2, 0.25) is 0 Å². The van der Waals surface area contributed by atoms with Crippen molar-refractivity contribution < 1.29 is 4.74 Å². The van der Waals surface area contributed by atoms with Crippen molar-refractivity contribution in [2.45, 2.75) is 32.7 Å². The molecule has 1 aromatic carbocycles. The Morgan fingerprint density at radius 2 is 2.30 bits per heavy atom. The van der Waals surface area contributed by atoms with Crippen LogP contribution >= 0.6 is 0 Å². The van der Waals surface area contributed by atoms with Gasteiger partial charge in [0.25, 0.3) is 0 Å². The lowest BCUT2D eigenvalue weighted by Gasteiger charge is -2.33. The van der Waals surface area contributed by atoms with Gasteiger partial charge in [0.2, 0.25) is 0 Å². The third-order valence-electron chi connectivity index (χ3n) is 4.00. The fraction of sp³-hybridized carbons (Fsp3) is 0.647. The minimum Gasteiger partial charge on any atom is -0.497 e. The lowest BCUT2D eigenvalue weighted by atomic mass is 9.97. The zero-order valence-electron chi connectivity index (χ0n) is 12.9. The molecule has 20 heavy (non-hydrogen) atoms. The van der Waals surface area contributed by atoms with E-state index in [-0.39, 0.29) is 0 Å². The van der Waals surface area contributed by atoms with Crippen LogP contribution in [0.25, 0.3) is 0 Å². The van der Waals surface area contributed by atoms with E-state index in [0.29, 0.717) is 0 Å². The van der Waals surface area contributed by atoms with Crippen molar-refractivity contribution in [2.75, 3.05) is 33.3 Å². The number of hydrogen-bond acceptors (Lipinski definition) is 3. The molecule has 1 unspecified atom stereocenters. The molecule has 3 heteroatoms. The predicted molar refractivity (Wildman–Crippen MR) is 84.2 cm³/mol. The molecule has 0 spiro atoms. The second-order valence-corrected chi connectivity index (χ2v) is 5.80. The molecule has 1 aromatic rings. The Labute approximate surface area is 123 Å². The average molecular weight is 276 g/mol. The number of nitrogens with one attached hydrogen (secondary N) is 1. The lowest BCUT2D eigenvalue weighted by Crippen LogP contribution is -2.39. The smallest absolute Gasteiger partial charge is 0.119 e. The van der Waals surface area contributed by atoms with Crippen LogP contribution in [0.4, 0.5) is 0 Å². The molecule has 0 aromatic heterocycles. The summed E-state index contributed by atoms with van der Waals surface area (Å²) >= 11 is 0. The molecule has 0 bridgehead atoms. The molecule has 3 nitrogen and oxygen atoms in total. The minimum atomic E-state index is 0.806. The summed E-state index contributed by atoms with van der Waals surface area (Å²) < 4.78 is 5.30. The third kappa shape index (κ3) is 4.80. The van der Waals surface area contributed by atoms with Gasteiger partial charge in [0, 0.05) is 13.1 Å². The topological polar surface area (TPSA) is 24.5 Å². The molecule has 1 atom stereocenters. The van der Waals surface area contributed by atoms with E-state index in [1.54, 1.807) is 7.11 Å². The van der Waals surface area contributed by atoms with Gasteiger partial charge in [0.15, 0.2) is 0 Å². The van der Waals surface area contributed by atoms with Crippen LogP contribution in [0.15, 0.2) is 24.3 Å². The number of piperidine rings is 1. The first-order chi connectivity index (χ1) is 9.81. The maximum Gasteiger partial charge on any atom is 0.119 e. The molecular weight excluding hydrogens is 248 g/mol. The van der Waals surface area contributed by atoms with Crippen LogP contribution in [0.3, 0.4) is 0 Å². The summed E-state index contributed by atoms with van der Waals surface area (Å²) in [6.07, 6.45) is 3.91. The first-order valence-electron chi connectivity index (χ1n) is 7.87. The Balaban J connectivity index is 1.82. The van der Waals surface area contributed by atoms with E-state index in [1.807, 2.05) is 6.07 Å². The molecule has 0 aliphatic carbocycles. The van der Waals surface area contributed by atoms with E-state index in [2.05, 4.69) is 35.3 Å². The lowest BCUT2D eigenvalue weighted by molar-refractivity contribution is 0.165. The fourth-order valence-corrected chi connectivity index (χ4v) is 2.97. The number of nitrogens with zero attached hydrogens (tertiary/aromatic N) is 1. The van der Waals surface area contributed by atoms with Crippen LogP contribution < -0.4 is 10.1 Å². The summed E-state index contributed by atoms with van der Waals surface area (Å²) in [6, 6.07) is 8.44. The average Bonchev–Trinajstić information content (AvgIpc) is 2.48. The van der Waals surface area contributed by atoms with Crippen LogP contribution in [0, 0.1) is 5.92 Å². The van der Waals surface area contributed by atoms with Crippen molar-refractivity contribution >= 4 is 0 Å². The Bertz CT molecular complexity index is 394. The molecule has 1 aliphatic heterocycles. The van der Waals surface area contributed by atoms with Gasteiger partial charge < -0.3 is 10.1 Å². The highest BCUT2D eigenvalue weighted by Crippen LogP contribution is 2.20. The Hall–Kier alpha value is -1.06. The SMILES string of the molecule is CCCNCC1CCCN(Cc2cccc(OC)c2)C1. The quantitative estimate of drug-likeness (QED) is 0.775. The number of rotatable bonds is 7. The molecule has 2 rings (SSSR count). The molecule has 112 valence electrons. The molecule has 1 heterocycles. The molecule has 1 aliphatic rings. The van der Waals surface area contributed by atoms with Crippen LogP contribution in [-0.4, -0.2) is 38.2 Å². The van der Waals surface area contributed by atoms with Crippen molar-refractivity contribution in [3.8, 4) is 5.75 Å². The monoisotopic (exact) mass is 276 g/mol. The second kappa shape index (κ2) is 8.28. The summed E-state index contributed by atoms with van der Waals surface area (Å²) in [7, 11) is 1.73. The Morgan fingerprint density at radius 1 is 1.40 bits per heavy atom. The number of methoxy groups -OCH3 is 1. The summed E-state index contributed by atoms with van der Waals surface area (Å²) in [5.41, 5.74) is 1.35. The summed E-state index contributed by atoms with van der Waals surface area (Å²) in [6.45, 7) is 8.02. The largest absolute Gasteiger partial charge is 0.497 e. The number of ether oxygens (including phenoxy) is 1. The van der Waals surface area contributed by atoms with Gasteiger partial charge in [0.1, 0.15) is 5.75 Å². The van der Waals surface area contributed by atoms with Gasteiger partial charge in [-0.25, -0.2) is 0 Å². The van der Waals surface area contributed by atoms with Crippen LogP contribution in [0.5, 0.6) is 5.75 Å². The maximum atomic E-state index is 5.30. The van der Waals surface area contributed by atoms with Crippen molar-refractivity contribution in [1.82, 2.24) is 10.2 Å². The maximum absolute atomic E-state index is 5.30. The molecule has 1 fully saturated rings. The normalized spacial score (nSPS) is 20.0. The fourth-order valence-electron chi connectivity index (χ4n) is 2.97. The Morgan fingerprint density at radius 3 is 3.10 bits per heavy atom. The standard InChI is InChI=1S/C17H28N2O/c1-3-9-18-12-16-7-5-10-19(14-16)13-15-6-4-8-17(11-15)20-2/h4,6,8,11,16,18H,3,5,7,9-10,12-14H2,1-2H3. The predicted octanol–water partition coefficient (Wildman–Crippen LogP) is 2.91. The van der Waals surface area contributed by atoms with E-state index in [0.717, 1.165) is 24.8 Å². The Kier molecular flexibility index (Phi) is 6.34. The van der Waals surface area contributed by atoms with Gasteiger partial charge in [-0.1, -0.05) is 19.1 Å². The highest BCUT2D eigenvalue weighted by molar-refractivity contribution is 5.28. The van der Waals surface area contributed by atoms with Gasteiger partial charge in [0.05, 0.1) is 7.11 Å². The molecule has 1 saturated heterocycles. The van der Waals surface area contributed by atoms with Crippen molar-refractivity contribution in [2.24, 2.45) is 5.92 Å². The molecular formula is C17H28N2O.